The smallest absolute Gasteiger partial charge is 0.317 e. The Morgan fingerprint density at radius 1 is 1.26 bits per heavy atom. The number of hydrogen-bond donors (Lipinski definition) is 1. The monoisotopic (exact) mass is 339 g/mol. The number of hydrogen-bond acceptors (Lipinski definition) is 3. The van der Waals surface area contributed by atoms with E-state index >= 15 is 0 Å². The average molecular weight is 340 g/mol. The lowest BCUT2D eigenvalue weighted by Gasteiger charge is -2.36. The summed E-state index contributed by atoms with van der Waals surface area (Å²) >= 11 is 6.10. The number of carbonyl (C=O) groups is 1. The lowest BCUT2D eigenvalue weighted by atomic mass is 10.2. The summed E-state index contributed by atoms with van der Waals surface area (Å²) < 4.78 is 5.41. The molecule has 0 aliphatic carbocycles. The number of nitrogens with one attached hydrogen (secondary N) is 1. The van der Waals surface area contributed by atoms with Gasteiger partial charge in [-0.2, -0.15) is 0 Å². The van der Waals surface area contributed by atoms with Gasteiger partial charge < -0.3 is 19.9 Å². The maximum absolute atomic E-state index is 12.1. The number of piperazine rings is 1. The molecule has 0 atom stereocenters. The number of benzene rings is 1. The summed E-state index contributed by atoms with van der Waals surface area (Å²) in [6, 6.07) is 5.66. The first-order chi connectivity index (χ1) is 11.2. The molecule has 1 heterocycles. The van der Waals surface area contributed by atoms with E-state index in [9.17, 15) is 4.79 Å². The fraction of sp³-hybridized carbons (Fsp3) is 0.588. The van der Waals surface area contributed by atoms with Crippen molar-refractivity contribution in [1.82, 2.24) is 10.2 Å². The van der Waals surface area contributed by atoms with E-state index in [2.05, 4.69) is 17.1 Å². The van der Waals surface area contributed by atoms with Crippen LogP contribution in [0.1, 0.15) is 26.2 Å². The highest BCUT2D eigenvalue weighted by molar-refractivity contribution is 6.30. The fourth-order valence-corrected chi connectivity index (χ4v) is 2.91. The van der Waals surface area contributed by atoms with E-state index in [-0.39, 0.29) is 6.03 Å². The van der Waals surface area contributed by atoms with Crippen molar-refractivity contribution in [2.24, 2.45) is 0 Å². The zero-order valence-corrected chi connectivity index (χ0v) is 14.7. The number of rotatable bonds is 6. The van der Waals surface area contributed by atoms with Crippen LogP contribution in [0, 0.1) is 0 Å². The molecule has 128 valence electrons. The molecule has 0 spiro atoms. The average Bonchev–Trinajstić information content (AvgIpc) is 2.58. The van der Waals surface area contributed by atoms with Gasteiger partial charge in [0.2, 0.25) is 0 Å². The van der Waals surface area contributed by atoms with Crippen LogP contribution in [0.5, 0.6) is 5.75 Å². The first-order valence-corrected chi connectivity index (χ1v) is 8.64. The van der Waals surface area contributed by atoms with Gasteiger partial charge in [0.15, 0.2) is 0 Å². The number of urea groups is 1. The molecular formula is C17H26ClN3O2. The number of unbranched alkanes of at least 4 members (excludes halogenated alkanes) is 2. The largest absolute Gasteiger partial charge is 0.495 e. The molecule has 5 nitrogen and oxygen atoms in total. The number of amides is 2. The Kier molecular flexibility index (Phi) is 6.84. The molecular weight excluding hydrogens is 314 g/mol. The van der Waals surface area contributed by atoms with Crippen LogP contribution in [0.2, 0.25) is 5.02 Å². The van der Waals surface area contributed by atoms with Gasteiger partial charge in [0.25, 0.3) is 0 Å². The Morgan fingerprint density at radius 3 is 2.65 bits per heavy atom. The van der Waals surface area contributed by atoms with Gasteiger partial charge >= 0.3 is 6.03 Å². The van der Waals surface area contributed by atoms with Crippen LogP contribution in [0.4, 0.5) is 10.5 Å². The molecule has 23 heavy (non-hydrogen) atoms. The molecule has 2 rings (SSSR count). The third kappa shape index (κ3) is 4.93. The molecule has 6 heteroatoms. The van der Waals surface area contributed by atoms with E-state index < -0.39 is 0 Å². The highest BCUT2D eigenvalue weighted by Crippen LogP contribution is 2.31. The van der Waals surface area contributed by atoms with E-state index in [1.807, 2.05) is 23.1 Å². The molecule has 1 aromatic rings. The second-order valence-corrected chi connectivity index (χ2v) is 6.17. The minimum absolute atomic E-state index is 0.0406. The van der Waals surface area contributed by atoms with Gasteiger partial charge in [0, 0.05) is 37.7 Å². The van der Waals surface area contributed by atoms with Crippen molar-refractivity contribution in [3.63, 3.8) is 0 Å². The predicted molar refractivity (Wildman–Crippen MR) is 94.7 cm³/mol. The molecule has 1 aromatic carbocycles. The van der Waals surface area contributed by atoms with Gasteiger partial charge in [0.05, 0.1) is 12.8 Å². The number of carbonyl (C=O) groups excluding carboxylic acids is 1. The number of nitrogens with zero attached hydrogens (tertiary/aromatic N) is 2. The number of methoxy groups -OCH3 is 1. The van der Waals surface area contributed by atoms with E-state index in [0.29, 0.717) is 18.1 Å². The zero-order chi connectivity index (χ0) is 16.7. The van der Waals surface area contributed by atoms with Gasteiger partial charge in [-0.15, -0.1) is 0 Å². The first-order valence-electron chi connectivity index (χ1n) is 8.27. The maximum atomic E-state index is 12.1. The van der Waals surface area contributed by atoms with Crippen LogP contribution in [-0.2, 0) is 0 Å². The summed E-state index contributed by atoms with van der Waals surface area (Å²) in [4.78, 5) is 16.2. The topological polar surface area (TPSA) is 44.8 Å². The summed E-state index contributed by atoms with van der Waals surface area (Å²) in [5, 5.41) is 3.69. The van der Waals surface area contributed by atoms with Crippen molar-refractivity contribution < 1.29 is 9.53 Å². The molecule has 0 saturated carbocycles. The maximum Gasteiger partial charge on any atom is 0.317 e. The Labute approximate surface area is 143 Å². The summed E-state index contributed by atoms with van der Waals surface area (Å²) in [6.07, 6.45) is 3.36. The van der Waals surface area contributed by atoms with Crippen molar-refractivity contribution in [3.05, 3.63) is 23.2 Å². The molecule has 0 aromatic heterocycles. The quantitative estimate of drug-likeness (QED) is 0.808. The summed E-state index contributed by atoms with van der Waals surface area (Å²) in [5.41, 5.74) is 0.989. The van der Waals surface area contributed by atoms with Crippen LogP contribution in [0.25, 0.3) is 0 Å². The second-order valence-electron chi connectivity index (χ2n) is 5.73. The lowest BCUT2D eigenvalue weighted by Crippen LogP contribution is -2.52. The SMILES string of the molecule is CCCCCNC(=O)N1CCN(c2cc(Cl)ccc2OC)CC1. The Hall–Kier alpha value is -1.62. The minimum atomic E-state index is 0.0406. The highest BCUT2D eigenvalue weighted by atomic mass is 35.5. The third-order valence-corrected chi connectivity index (χ3v) is 4.34. The molecule has 1 saturated heterocycles. The van der Waals surface area contributed by atoms with Gasteiger partial charge in [-0.1, -0.05) is 31.4 Å². The van der Waals surface area contributed by atoms with Crippen molar-refractivity contribution in [2.45, 2.75) is 26.2 Å². The summed E-state index contributed by atoms with van der Waals surface area (Å²) in [5.74, 6) is 0.812. The van der Waals surface area contributed by atoms with Crippen molar-refractivity contribution in [2.75, 3.05) is 44.7 Å². The summed E-state index contributed by atoms with van der Waals surface area (Å²) in [7, 11) is 1.66. The predicted octanol–water partition coefficient (Wildman–Crippen LogP) is 3.37. The van der Waals surface area contributed by atoms with E-state index in [1.165, 1.54) is 0 Å². The van der Waals surface area contributed by atoms with Crippen molar-refractivity contribution >= 4 is 23.3 Å². The second kappa shape index (κ2) is 8.87. The van der Waals surface area contributed by atoms with Gasteiger partial charge in [-0.05, 0) is 24.6 Å². The highest BCUT2D eigenvalue weighted by Gasteiger charge is 2.22. The van der Waals surface area contributed by atoms with Crippen LogP contribution in [0.15, 0.2) is 18.2 Å². The van der Waals surface area contributed by atoms with E-state index in [4.69, 9.17) is 16.3 Å². The molecule has 2 amide bonds. The van der Waals surface area contributed by atoms with Gasteiger partial charge in [0.1, 0.15) is 5.75 Å². The third-order valence-electron chi connectivity index (χ3n) is 4.11. The van der Waals surface area contributed by atoms with Gasteiger partial charge in [-0.25, -0.2) is 4.79 Å². The Morgan fingerprint density at radius 2 is 2.00 bits per heavy atom. The Balaban J connectivity index is 1.86. The number of halogens is 1. The first kappa shape index (κ1) is 17.7. The van der Waals surface area contributed by atoms with Crippen molar-refractivity contribution in [3.8, 4) is 5.75 Å². The number of ether oxygens (including phenoxy) is 1. The van der Waals surface area contributed by atoms with Crippen LogP contribution in [-0.4, -0.2) is 50.8 Å². The van der Waals surface area contributed by atoms with E-state index in [0.717, 1.165) is 50.3 Å². The van der Waals surface area contributed by atoms with E-state index in [1.54, 1.807) is 7.11 Å². The molecule has 0 unspecified atom stereocenters. The Bertz CT molecular complexity index is 517. The normalized spacial score (nSPS) is 14.7. The lowest BCUT2D eigenvalue weighted by molar-refractivity contribution is 0.194. The zero-order valence-electron chi connectivity index (χ0n) is 14.0. The van der Waals surface area contributed by atoms with Crippen molar-refractivity contribution in [1.29, 1.82) is 0 Å². The molecule has 1 aliphatic rings. The summed E-state index contributed by atoms with van der Waals surface area (Å²) in [6.45, 7) is 5.88. The van der Waals surface area contributed by atoms with Crippen LogP contribution >= 0.6 is 11.6 Å². The fourth-order valence-electron chi connectivity index (χ4n) is 2.74. The molecule has 1 aliphatic heterocycles. The van der Waals surface area contributed by atoms with Crippen LogP contribution in [0.3, 0.4) is 0 Å². The molecule has 1 N–H and O–H groups in total. The molecule has 0 bridgehead atoms. The molecule has 0 radical (unpaired) electrons. The number of anilines is 1. The van der Waals surface area contributed by atoms with Gasteiger partial charge in [-0.3, -0.25) is 0 Å². The minimum Gasteiger partial charge on any atom is -0.495 e. The molecule has 1 fully saturated rings. The van der Waals surface area contributed by atoms with Crippen LogP contribution < -0.4 is 15.0 Å². The standard InChI is InChI=1S/C17H26ClN3O2/c1-3-4-5-8-19-17(22)21-11-9-20(10-12-21)15-13-14(18)6-7-16(15)23-2/h6-7,13H,3-5,8-12H2,1-2H3,(H,19,22).